The van der Waals surface area contributed by atoms with Crippen molar-refractivity contribution in [3.8, 4) is 0 Å². The summed E-state index contributed by atoms with van der Waals surface area (Å²) >= 11 is 0. The summed E-state index contributed by atoms with van der Waals surface area (Å²) < 4.78 is 0. The summed E-state index contributed by atoms with van der Waals surface area (Å²) in [4.78, 5) is 3.42. The van der Waals surface area contributed by atoms with E-state index >= 15 is 0 Å². The van der Waals surface area contributed by atoms with Crippen LogP contribution in [0.2, 0.25) is 0 Å². The first-order valence-electron chi connectivity index (χ1n) is 5.10. The van der Waals surface area contributed by atoms with E-state index in [1.807, 2.05) is 0 Å². The SMILES string of the molecule is CCCc1[nH]cc2c1CCCC2. The summed E-state index contributed by atoms with van der Waals surface area (Å²) in [6.07, 6.45) is 10.1. The Morgan fingerprint density at radius 3 is 3.00 bits per heavy atom. The van der Waals surface area contributed by atoms with Crippen LogP contribution in [0.4, 0.5) is 0 Å². The summed E-state index contributed by atoms with van der Waals surface area (Å²) in [5.74, 6) is 0. The average molecular weight is 163 g/mol. The van der Waals surface area contributed by atoms with Gasteiger partial charge in [-0.25, -0.2) is 0 Å². The Labute approximate surface area is 74.2 Å². The molecule has 1 heterocycles. The van der Waals surface area contributed by atoms with Gasteiger partial charge in [0.2, 0.25) is 0 Å². The van der Waals surface area contributed by atoms with Gasteiger partial charge in [-0.2, -0.15) is 0 Å². The molecule has 1 aliphatic carbocycles. The molecular formula is C11H17N. The minimum Gasteiger partial charge on any atom is -0.364 e. The zero-order valence-corrected chi connectivity index (χ0v) is 7.82. The topological polar surface area (TPSA) is 15.8 Å². The maximum absolute atomic E-state index is 3.42. The molecule has 0 saturated carbocycles. The molecule has 0 atom stereocenters. The highest BCUT2D eigenvalue weighted by Gasteiger charge is 2.13. The molecular weight excluding hydrogens is 146 g/mol. The summed E-state index contributed by atoms with van der Waals surface area (Å²) in [5.41, 5.74) is 4.74. The lowest BCUT2D eigenvalue weighted by Crippen LogP contribution is -2.01. The lowest BCUT2D eigenvalue weighted by atomic mass is 9.93. The van der Waals surface area contributed by atoms with Crippen molar-refractivity contribution in [3.05, 3.63) is 23.0 Å². The Bertz CT molecular complexity index is 260. The van der Waals surface area contributed by atoms with Crippen molar-refractivity contribution in [1.82, 2.24) is 4.98 Å². The van der Waals surface area contributed by atoms with Crippen LogP contribution in [0.25, 0.3) is 0 Å². The molecule has 1 heteroatoms. The van der Waals surface area contributed by atoms with Gasteiger partial charge in [0.05, 0.1) is 0 Å². The Balaban J connectivity index is 2.25. The summed E-state index contributed by atoms with van der Waals surface area (Å²) in [5, 5.41) is 0. The first kappa shape index (κ1) is 7.90. The second-order valence-electron chi connectivity index (χ2n) is 3.73. The molecule has 0 unspecified atom stereocenters. The van der Waals surface area contributed by atoms with E-state index in [2.05, 4.69) is 18.1 Å². The van der Waals surface area contributed by atoms with Crippen molar-refractivity contribution in [3.63, 3.8) is 0 Å². The van der Waals surface area contributed by atoms with Crippen LogP contribution in [-0.4, -0.2) is 4.98 Å². The van der Waals surface area contributed by atoms with Crippen LogP contribution in [-0.2, 0) is 19.3 Å². The van der Waals surface area contributed by atoms with Gasteiger partial charge >= 0.3 is 0 Å². The summed E-state index contributed by atoms with van der Waals surface area (Å²) in [7, 11) is 0. The number of fused-ring (bicyclic) bond motifs is 1. The Morgan fingerprint density at radius 2 is 2.17 bits per heavy atom. The van der Waals surface area contributed by atoms with Gasteiger partial charge in [-0.15, -0.1) is 0 Å². The van der Waals surface area contributed by atoms with Gasteiger partial charge in [-0.05, 0) is 43.2 Å². The van der Waals surface area contributed by atoms with E-state index in [1.165, 1.54) is 44.2 Å². The Morgan fingerprint density at radius 1 is 1.33 bits per heavy atom. The average Bonchev–Trinajstić information content (AvgIpc) is 2.50. The number of H-pyrrole nitrogens is 1. The van der Waals surface area contributed by atoms with Crippen molar-refractivity contribution in [2.75, 3.05) is 0 Å². The molecule has 0 radical (unpaired) electrons. The van der Waals surface area contributed by atoms with Gasteiger partial charge in [0.1, 0.15) is 0 Å². The molecule has 0 saturated heterocycles. The predicted octanol–water partition coefficient (Wildman–Crippen LogP) is 2.85. The number of aromatic nitrogens is 1. The third-order valence-electron chi connectivity index (χ3n) is 2.80. The highest BCUT2D eigenvalue weighted by molar-refractivity contribution is 5.33. The van der Waals surface area contributed by atoms with Crippen molar-refractivity contribution in [2.45, 2.75) is 45.4 Å². The third kappa shape index (κ3) is 1.28. The van der Waals surface area contributed by atoms with Gasteiger partial charge in [0.25, 0.3) is 0 Å². The van der Waals surface area contributed by atoms with Gasteiger partial charge < -0.3 is 4.98 Å². The quantitative estimate of drug-likeness (QED) is 0.690. The molecule has 1 aliphatic rings. The van der Waals surface area contributed by atoms with Crippen LogP contribution in [0.5, 0.6) is 0 Å². The van der Waals surface area contributed by atoms with Crippen molar-refractivity contribution < 1.29 is 0 Å². The first-order chi connectivity index (χ1) is 5.92. The maximum atomic E-state index is 3.42. The molecule has 12 heavy (non-hydrogen) atoms. The maximum Gasteiger partial charge on any atom is 0.0182 e. The van der Waals surface area contributed by atoms with E-state index < -0.39 is 0 Å². The molecule has 0 aliphatic heterocycles. The van der Waals surface area contributed by atoms with E-state index in [9.17, 15) is 0 Å². The second kappa shape index (κ2) is 3.34. The van der Waals surface area contributed by atoms with Crippen LogP contribution in [0, 0.1) is 0 Å². The normalized spacial score (nSPS) is 16.1. The zero-order valence-electron chi connectivity index (χ0n) is 7.82. The van der Waals surface area contributed by atoms with Crippen molar-refractivity contribution in [1.29, 1.82) is 0 Å². The highest BCUT2D eigenvalue weighted by atomic mass is 14.7. The summed E-state index contributed by atoms with van der Waals surface area (Å²) in [6, 6.07) is 0. The third-order valence-corrected chi connectivity index (χ3v) is 2.80. The molecule has 1 aromatic rings. The van der Waals surface area contributed by atoms with Crippen LogP contribution < -0.4 is 0 Å². The Hall–Kier alpha value is -0.720. The second-order valence-corrected chi connectivity index (χ2v) is 3.73. The van der Waals surface area contributed by atoms with Crippen molar-refractivity contribution in [2.24, 2.45) is 0 Å². The number of aryl methyl sites for hydroxylation is 2. The molecule has 2 rings (SSSR count). The Kier molecular flexibility index (Phi) is 2.20. The van der Waals surface area contributed by atoms with E-state index in [4.69, 9.17) is 0 Å². The molecule has 0 aromatic carbocycles. The van der Waals surface area contributed by atoms with Gasteiger partial charge in [0.15, 0.2) is 0 Å². The molecule has 66 valence electrons. The lowest BCUT2D eigenvalue weighted by Gasteiger charge is -2.11. The number of aromatic amines is 1. The molecule has 0 amide bonds. The number of nitrogens with one attached hydrogen (secondary N) is 1. The summed E-state index contributed by atoms with van der Waals surface area (Å²) in [6.45, 7) is 2.25. The fourth-order valence-electron chi connectivity index (χ4n) is 2.17. The number of hydrogen-bond acceptors (Lipinski definition) is 0. The number of hydrogen-bond donors (Lipinski definition) is 1. The fraction of sp³-hybridized carbons (Fsp3) is 0.636. The van der Waals surface area contributed by atoms with Gasteiger partial charge in [-0.1, -0.05) is 13.3 Å². The van der Waals surface area contributed by atoms with Crippen LogP contribution in [0.3, 0.4) is 0 Å². The largest absolute Gasteiger partial charge is 0.364 e. The van der Waals surface area contributed by atoms with Crippen molar-refractivity contribution >= 4 is 0 Å². The molecule has 0 bridgehead atoms. The molecule has 1 nitrogen and oxygen atoms in total. The molecule has 0 spiro atoms. The number of rotatable bonds is 2. The zero-order chi connectivity index (χ0) is 8.39. The van der Waals surface area contributed by atoms with Gasteiger partial charge in [-0.3, -0.25) is 0 Å². The lowest BCUT2D eigenvalue weighted by molar-refractivity contribution is 0.682. The molecule has 1 aromatic heterocycles. The monoisotopic (exact) mass is 163 g/mol. The van der Waals surface area contributed by atoms with Crippen LogP contribution in [0.1, 0.15) is 43.0 Å². The first-order valence-corrected chi connectivity index (χ1v) is 5.10. The minimum absolute atomic E-state index is 1.23. The minimum atomic E-state index is 1.23. The predicted molar refractivity (Wildman–Crippen MR) is 51.4 cm³/mol. The smallest absolute Gasteiger partial charge is 0.0182 e. The van der Waals surface area contributed by atoms with Crippen LogP contribution >= 0.6 is 0 Å². The van der Waals surface area contributed by atoms with Crippen LogP contribution in [0.15, 0.2) is 6.20 Å². The van der Waals surface area contributed by atoms with E-state index in [1.54, 1.807) is 11.1 Å². The van der Waals surface area contributed by atoms with Gasteiger partial charge in [0, 0.05) is 11.9 Å². The van der Waals surface area contributed by atoms with E-state index in [-0.39, 0.29) is 0 Å². The van der Waals surface area contributed by atoms with E-state index in [0.717, 1.165) is 0 Å². The van der Waals surface area contributed by atoms with E-state index in [0.29, 0.717) is 0 Å². The highest BCUT2D eigenvalue weighted by Crippen LogP contribution is 2.24. The molecule has 0 fully saturated rings. The molecule has 1 N–H and O–H groups in total. The fourth-order valence-corrected chi connectivity index (χ4v) is 2.17. The standard InChI is InChI=1S/C11H17N/c1-2-5-11-10-7-4-3-6-9(10)8-12-11/h8,12H,2-7H2,1H3.